The standard InChI is InChI=1S/C15H14O3S/c1-15(2)8-18-12-4-3-9(5-11(12)15)13-6-10(7-19-13)14(16)17/h3-7H,8H2,1-2H3,(H,16,17). The van der Waals surface area contributed by atoms with Gasteiger partial charge in [-0.1, -0.05) is 13.8 Å². The molecular formula is C15H14O3S. The lowest BCUT2D eigenvalue weighted by Crippen LogP contribution is -2.18. The fraction of sp³-hybridized carbons (Fsp3) is 0.267. The van der Waals surface area contributed by atoms with Crippen LogP contribution >= 0.6 is 11.3 Å². The molecule has 0 saturated carbocycles. The van der Waals surface area contributed by atoms with E-state index in [2.05, 4.69) is 19.9 Å². The van der Waals surface area contributed by atoms with Crippen molar-refractivity contribution >= 4 is 17.3 Å². The van der Waals surface area contributed by atoms with Crippen molar-refractivity contribution in [1.82, 2.24) is 0 Å². The van der Waals surface area contributed by atoms with E-state index in [0.29, 0.717) is 12.2 Å². The Hall–Kier alpha value is -1.81. The summed E-state index contributed by atoms with van der Waals surface area (Å²) in [6, 6.07) is 7.79. The molecule has 2 aromatic rings. The molecule has 1 aliphatic rings. The quantitative estimate of drug-likeness (QED) is 0.906. The monoisotopic (exact) mass is 274 g/mol. The van der Waals surface area contributed by atoms with Crippen LogP contribution in [0.3, 0.4) is 0 Å². The van der Waals surface area contributed by atoms with Gasteiger partial charge in [0.2, 0.25) is 0 Å². The smallest absolute Gasteiger partial charge is 0.336 e. The Morgan fingerprint density at radius 3 is 2.84 bits per heavy atom. The van der Waals surface area contributed by atoms with Gasteiger partial charge in [-0.2, -0.15) is 0 Å². The van der Waals surface area contributed by atoms with E-state index in [9.17, 15) is 4.79 Å². The maximum Gasteiger partial charge on any atom is 0.336 e. The Bertz CT molecular complexity index is 655. The molecule has 2 heterocycles. The van der Waals surface area contributed by atoms with Crippen LogP contribution < -0.4 is 4.74 Å². The van der Waals surface area contributed by atoms with Gasteiger partial charge < -0.3 is 9.84 Å². The Kier molecular flexibility index (Phi) is 2.64. The minimum Gasteiger partial charge on any atom is -0.492 e. The maximum atomic E-state index is 10.9. The first-order chi connectivity index (χ1) is 8.97. The van der Waals surface area contributed by atoms with Crippen molar-refractivity contribution in [2.24, 2.45) is 0 Å². The summed E-state index contributed by atoms with van der Waals surface area (Å²) in [5, 5.41) is 10.6. The summed E-state index contributed by atoms with van der Waals surface area (Å²) < 4.78 is 5.66. The summed E-state index contributed by atoms with van der Waals surface area (Å²) in [4.78, 5) is 11.9. The van der Waals surface area contributed by atoms with Gasteiger partial charge >= 0.3 is 5.97 Å². The van der Waals surface area contributed by atoms with Crippen LogP contribution in [0.4, 0.5) is 0 Å². The van der Waals surface area contributed by atoms with Crippen LogP contribution in [0.1, 0.15) is 29.8 Å². The predicted octanol–water partition coefficient (Wildman–Crippen LogP) is 3.78. The van der Waals surface area contributed by atoms with E-state index < -0.39 is 5.97 Å². The van der Waals surface area contributed by atoms with E-state index in [1.54, 1.807) is 11.4 Å². The maximum absolute atomic E-state index is 10.9. The van der Waals surface area contributed by atoms with E-state index in [-0.39, 0.29) is 5.41 Å². The van der Waals surface area contributed by atoms with Gasteiger partial charge in [0.25, 0.3) is 0 Å². The van der Waals surface area contributed by atoms with E-state index >= 15 is 0 Å². The fourth-order valence-electron chi connectivity index (χ4n) is 2.27. The highest BCUT2D eigenvalue weighted by molar-refractivity contribution is 7.13. The number of benzene rings is 1. The van der Waals surface area contributed by atoms with Crippen molar-refractivity contribution in [3.8, 4) is 16.2 Å². The molecule has 1 N–H and O–H groups in total. The second-order valence-corrected chi connectivity index (χ2v) is 6.30. The number of fused-ring (bicyclic) bond motifs is 1. The molecule has 4 heteroatoms. The normalized spacial score (nSPS) is 15.9. The van der Waals surface area contributed by atoms with Gasteiger partial charge in [-0.3, -0.25) is 0 Å². The first kappa shape index (κ1) is 12.2. The van der Waals surface area contributed by atoms with Gasteiger partial charge in [-0.05, 0) is 29.8 Å². The van der Waals surface area contributed by atoms with Crippen LogP contribution in [0.5, 0.6) is 5.75 Å². The van der Waals surface area contributed by atoms with Crippen LogP contribution in [0.25, 0.3) is 10.4 Å². The summed E-state index contributed by atoms with van der Waals surface area (Å²) in [6.45, 7) is 5.00. The zero-order chi connectivity index (χ0) is 13.6. The Balaban J connectivity index is 2.05. The number of ether oxygens (including phenoxy) is 1. The Labute approximate surface area is 115 Å². The summed E-state index contributed by atoms with van der Waals surface area (Å²) in [5.41, 5.74) is 2.60. The van der Waals surface area contributed by atoms with Gasteiger partial charge in [0.05, 0.1) is 12.2 Å². The Morgan fingerprint density at radius 2 is 2.16 bits per heavy atom. The zero-order valence-corrected chi connectivity index (χ0v) is 11.6. The number of carbonyl (C=O) groups is 1. The molecule has 0 aliphatic carbocycles. The van der Waals surface area contributed by atoms with Crippen LogP contribution in [0, 0.1) is 0 Å². The molecule has 0 saturated heterocycles. The molecule has 0 atom stereocenters. The third kappa shape index (κ3) is 2.02. The highest BCUT2D eigenvalue weighted by Gasteiger charge is 2.31. The van der Waals surface area contributed by atoms with Crippen LogP contribution in [-0.2, 0) is 5.41 Å². The summed E-state index contributed by atoms with van der Waals surface area (Å²) in [6.07, 6.45) is 0. The molecule has 3 rings (SSSR count). The number of hydrogen-bond acceptors (Lipinski definition) is 3. The van der Waals surface area contributed by atoms with Crippen molar-refractivity contribution < 1.29 is 14.6 Å². The fourth-order valence-corrected chi connectivity index (χ4v) is 3.15. The Morgan fingerprint density at radius 1 is 1.37 bits per heavy atom. The SMILES string of the molecule is CC1(C)COc2ccc(-c3cc(C(=O)O)cs3)cc21. The third-order valence-corrected chi connectivity index (χ3v) is 4.41. The third-order valence-electron chi connectivity index (χ3n) is 3.43. The van der Waals surface area contributed by atoms with Gasteiger partial charge in [-0.15, -0.1) is 11.3 Å². The molecule has 0 bridgehead atoms. The predicted molar refractivity (Wildman–Crippen MR) is 75.2 cm³/mol. The minimum absolute atomic E-state index is 0.0121. The number of thiophene rings is 1. The molecule has 98 valence electrons. The van der Waals surface area contributed by atoms with Crippen molar-refractivity contribution in [3.63, 3.8) is 0 Å². The lowest BCUT2D eigenvalue weighted by molar-refractivity contribution is 0.0697. The summed E-state index contributed by atoms with van der Waals surface area (Å²) in [5.74, 6) is 0.0519. The molecule has 0 spiro atoms. The lowest BCUT2D eigenvalue weighted by atomic mass is 9.86. The van der Waals surface area contributed by atoms with E-state index in [1.165, 1.54) is 16.9 Å². The van der Waals surface area contributed by atoms with Gasteiger partial charge in [0.15, 0.2) is 0 Å². The highest BCUT2D eigenvalue weighted by Crippen LogP contribution is 2.41. The molecular weight excluding hydrogens is 260 g/mol. The largest absolute Gasteiger partial charge is 0.492 e. The number of carboxylic acids is 1. The van der Waals surface area contributed by atoms with Crippen molar-refractivity contribution in [2.75, 3.05) is 6.61 Å². The first-order valence-corrected chi connectivity index (χ1v) is 6.95. The van der Waals surface area contributed by atoms with E-state index in [1.807, 2.05) is 12.1 Å². The van der Waals surface area contributed by atoms with Crippen LogP contribution in [0.2, 0.25) is 0 Å². The van der Waals surface area contributed by atoms with E-state index in [4.69, 9.17) is 9.84 Å². The molecule has 0 amide bonds. The van der Waals surface area contributed by atoms with Crippen LogP contribution in [-0.4, -0.2) is 17.7 Å². The average Bonchev–Trinajstić information content (AvgIpc) is 2.95. The topological polar surface area (TPSA) is 46.5 Å². The molecule has 1 aromatic carbocycles. The molecule has 1 aromatic heterocycles. The summed E-state index contributed by atoms with van der Waals surface area (Å²) >= 11 is 1.45. The first-order valence-electron chi connectivity index (χ1n) is 6.07. The van der Waals surface area contributed by atoms with Crippen molar-refractivity contribution in [2.45, 2.75) is 19.3 Å². The number of rotatable bonds is 2. The second-order valence-electron chi connectivity index (χ2n) is 5.39. The van der Waals surface area contributed by atoms with Crippen molar-refractivity contribution in [1.29, 1.82) is 0 Å². The average molecular weight is 274 g/mol. The van der Waals surface area contributed by atoms with Crippen LogP contribution in [0.15, 0.2) is 29.6 Å². The minimum atomic E-state index is -0.882. The van der Waals surface area contributed by atoms with Gasteiger partial charge in [0, 0.05) is 21.2 Å². The van der Waals surface area contributed by atoms with Gasteiger partial charge in [-0.25, -0.2) is 4.79 Å². The number of aromatic carboxylic acids is 1. The molecule has 0 radical (unpaired) electrons. The molecule has 19 heavy (non-hydrogen) atoms. The molecule has 3 nitrogen and oxygen atoms in total. The highest BCUT2D eigenvalue weighted by atomic mass is 32.1. The lowest BCUT2D eigenvalue weighted by Gasteiger charge is -2.15. The number of hydrogen-bond donors (Lipinski definition) is 1. The molecule has 0 unspecified atom stereocenters. The van der Waals surface area contributed by atoms with Crippen molar-refractivity contribution in [3.05, 3.63) is 40.8 Å². The zero-order valence-electron chi connectivity index (χ0n) is 10.8. The molecule has 0 fully saturated rings. The number of carboxylic acid groups (broad SMARTS) is 1. The van der Waals surface area contributed by atoms with Gasteiger partial charge in [0.1, 0.15) is 5.75 Å². The van der Waals surface area contributed by atoms with E-state index in [0.717, 1.165) is 16.2 Å². The summed E-state index contributed by atoms with van der Waals surface area (Å²) in [7, 11) is 0. The molecule has 1 aliphatic heterocycles. The second kappa shape index (κ2) is 4.10.